The van der Waals surface area contributed by atoms with Crippen LogP contribution in [0.3, 0.4) is 0 Å². The van der Waals surface area contributed by atoms with E-state index in [4.69, 9.17) is 4.74 Å². The predicted molar refractivity (Wildman–Crippen MR) is 91.9 cm³/mol. The number of benzene rings is 1. The summed E-state index contributed by atoms with van der Waals surface area (Å²) < 4.78 is 6.77. The lowest BCUT2D eigenvalue weighted by atomic mass is 10.1. The van der Waals surface area contributed by atoms with Crippen LogP contribution in [-0.2, 0) is 16.0 Å². The molecule has 1 aliphatic rings. The highest BCUT2D eigenvalue weighted by Gasteiger charge is 2.21. The van der Waals surface area contributed by atoms with Gasteiger partial charge in [0.05, 0.1) is 19.1 Å². The number of hydrogen-bond donors (Lipinski definition) is 1. The Hall–Kier alpha value is -0.910. The van der Waals surface area contributed by atoms with Crippen molar-refractivity contribution in [2.24, 2.45) is 5.92 Å². The molecule has 0 spiro atoms. The van der Waals surface area contributed by atoms with Crippen molar-refractivity contribution < 1.29 is 9.53 Å². The van der Waals surface area contributed by atoms with E-state index in [2.05, 4.69) is 40.0 Å². The Bertz CT molecular complexity index is 476. The molecule has 2 rings (SSSR count). The molecular weight excluding hydrogens is 344 g/mol. The van der Waals surface area contributed by atoms with Gasteiger partial charge < -0.3 is 10.1 Å². The zero-order chi connectivity index (χ0) is 15.9. The summed E-state index contributed by atoms with van der Waals surface area (Å²) in [5, 5.41) is 2.99. The Kier molecular flexibility index (Phi) is 6.86. The van der Waals surface area contributed by atoms with Gasteiger partial charge in [0.1, 0.15) is 0 Å². The van der Waals surface area contributed by atoms with Gasteiger partial charge in [-0.15, -0.1) is 0 Å². The molecule has 1 unspecified atom stereocenters. The van der Waals surface area contributed by atoms with Gasteiger partial charge in [-0.1, -0.05) is 41.9 Å². The van der Waals surface area contributed by atoms with Gasteiger partial charge in [-0.05, 0) is 23.6 Å². The summed E-state index contributed by atoms with van der Waals surface area (Å²) in [6, 6.07) is 7.84. The third-order valence-electron chi connectivity index (χ3n) is 3.65. The van der Waals surface area contributed by atoms with Gasteiger partial charge in [0.15, 0.2) is 0 Å². The molecule has 0 saturated carbocycles. The molecule has 0 aliphatic carbocycles. The lowest BCUT2D eigenvalue weighted by molar-refractivity contribution is -0.121. The topological polar surface area (TPSA) is 41.6 Å². The number of carbonyl (C=O) groups excluding carboxylic acids is 1. The maximum absolute atomic E-state index is 12.0. The van der Waals surface area contributed by atoms with E-state index < -0.39 is 0 Å². The number of nitrogens with zero attached hydrogens (tertiary/aromatic N) is 1. The van der Waals surface area contributed by atoms with Crippen molar-refractivity contribution in [3.63, 3.8) is 0 Å². The lowest BCUT2D eigenvalue weighted by Crippen LogP contribution is -2.48. The summed E-state index contributed by atoms with van der Waals surface area (Å²) in [7, 11) is 0. The molecule has 1 fully saturated rings. The van der Waals surface area contributed by atoms with Crippen molar-refractivity contribution in [3.8, 4) is 0 Å². The third-order valence-corrected chi connectivity index (χ3v) is 4.18. The number of carbonyl (C=O) groups is 1. The van der Waals surface area contributed by atoms with Gasteiger partial charge in [0.25, 0.3) is 0 Å². The second-order valence-corrected chi connectivity index (χ2v) is 7.17. The number of halogens is 1. The van der Waals surface area contributed by atoms with Gasteiger partial charge >= 0.3 is 0 Å². The Morgan fingerprint density at radius 3 is 2.82 bits per heavy atom. The largest absolute Gasteiger partial charge is 0.374 e. The van der Waals surface area contributed by atoms with E-state index in [1.54, 1.807) is 0 Å². The normalized spacial score (nSPS) is 19.4. The Labute approximate surface area is 141 Å². The summed E-state index contributed by atoms with van der Waals surface area (Å²) >= 11 is 3.40. The fourth-order valence-corrected chi connectivity index (χ4v) is 2.93. The van der Waals surface area contributed by atoms with E-state index in [9.17, 15) is 4.79 Å². The molecule has 1 heterocycles. The van der Waals surface area contributed by atoms with Crippen molar-refractivity contribution in [1.29, 1.82) is 0 Å². The summed E-state index contributed by atoms with van der Waals surface area (Å²) in [5.41, 5.74) is 1.02. The van der Waals surface area contributed by atoms with Crippen LogP contribution < -0.4 is 5.32 Å². The van der Waals surface area contributed by atoms with Gasteiger partial charge in [-0.3, -0.25) is 9.69 Å². The molecule has 122 valence electrons. The smallest absolute Gasteiger partial charge is 0.224 e. The molecule has 1 atom stereocenters. The second-order valence-electron chi connectivity index (χ2n) is 6.25. The fourth-order valence-electron chi connectivity index (χ4n) is 2.66. The van der Waals surface area contributed by atoms with Crippen molar-refractivity contribution in [2.75, 3.05) is 32.8 Å². The average molecular weight is 369 g/mol. The van der Waals surface area contributed by atoms with Gasteiger partial charge in [0.2, 0.25) is 5.91 Å². The molecule has 4 nitrogen and oxygen atoms in total. The molecule has 0 aromatic heterocycles. The lowest BCUT2D eigenvalue weighted by Gasteiger charge is -2.33. The van der Waals surface area contributed by atoms with Crippen LogP contribution in [0.1, 0.15) is 19.4 Å². The van der Waals surface area contributed by atoms with Crippen molar-refractivity contribution >= 4 is 21.8 Å². The van der Waals surface area contributed by atoms with Crippen LogP contribution in [0.5, 0.6) is 0 Å². The molecule has 1 N–H and O–H groups in total. The number of rotatable bonds is 6. The van der Waals surface area contributed by atoms with Crippen LogP contribution in [0.4, 0.5) is 0 Å². The first-order chi connectivity index (χ1) is 10.5. The zero-order valence-electron chi connectivity index (χ0n) is 13.3. The van der Waals surface area contributed by atoms with Crippen LogP contribution >= 0.6 is 15.9 Å². The average Bonchev–Trinajstić information content (AvgIpc) is 2.47. The van der Waals surface area contributed by atoms with E-state index in [1.165, 1.54) is 0 Å². The summed E-state index contributed by atoms with van der Waals surface area (Å²) in [6.07, 6.45) is 0.511. The molecule has 1 aliphatic heterocycles. The minimum absolute atomic E-state index is 0.0481. The Balaban J connectivity index is 1.72. The Morgan fingerprint density at radius 2 is 2.14 bits per heavy atom. The van der Waals surface area contributed by atoms with Gasteiger partial charge in [-0.2, -0.15) is 0 Å². The van der Waals surface area contributed by atoms with Crippen LogP contribution in [0.2, 0.25) is 0 Å². The number of hydrogen-bond acceptors (Lipinski definition) is 3. The molecule has 1 aromatic rings. The molecular formula is C17H25BrN2O2. The van der Waals surface area contributed by atoms with Crippen LogP contribution in [0.25, 0.3) is 0 Å². The number of morpholine rings is 1. The number of ether oxygens (including phenoxy) is 1. The summed E-state index contributed by atoms with van der Waals surface area (Å²) in [4.78, 5) is 14.4. The molecule has 22 heavy (non-hydrogen) atoms. The van der Waals surface area contributed by atoms with E-state index >= 15 is 0 Å². The first-order valence-electron chi connectivity index (χ1n) is 7.88. The summed E-state index contributed by atoms with van der Waals surface area (Å²) in [5.74, 6) is 0.706. The zero-order valence-corrected chi connectivity index (χ0v) is 14.9. The number of nitrogens with one attached hydrogen (secondary N) is 1. The molecule has 0 bridgehead atoms. The van der Waals surface area contributed by atoms with E-state index in [1.807, 2.05) is 24.3 Å². The highest BCUT2D eigenvalue weighted by molar-refractivity contribution is 9.10. The van der Waals surface area contributed by atoms with Crippen LogP contribution in [-0.4, -0.2) is 49.7 Å². The highest BCUT2D eigenvalue weighted by Crippen LogP contribution is 2.11. The highest BCUT2D eigenvalue weighted by atomic mass is 79.9. The maximum Gasteiger partial charge on any atom is 0.224 e. The summed E-state index contributed by atoms with van der Waals surface area (Å²) in [6.45, 7) is 8.77. The molecule has 5 heteroatoms. The van der Waals surface area contributed by atoms with Gasteiger partial charge in [0, 0.05) is 30.7 Å². The third kappa shape index (κ3) is 6.07. The SMILES string of the molecule is CC(C)CN1CCOC(CNC(=O)Cc2ccc(Br)cc2)C1. The van der Waals surface area contributed by atoms with Crippen molar-refractivity contribution in [3.05, 3.63) is 34.3 Å². The monoisotopic (exact) mass is 368 g/mol. The standard InChI is InChI=1S/C17H25BrN2O2/c1-13(2)11-20-7-8-22-16(12-20)10-19-17(21)9-14-3-5-15(18)6-4-14/h3-6,13,16H,7-12H2,1-2H3,(H,19,21). The molecule has 1 amide bonds. The quantitative estimate of drug-likeness (QED) is 0.838. The fraction of sp³-hybridized carbons (Fsp3) is 0.588. The van der Waals surface area contributed by atoms with E-state index in [0.717, 1.165) is 36.3 Å². The first kappa shape index (κ1) is 17.4. The minimum Gasteiger partial charge on any atom is -0.374 e. The molecule has 0 radical (unpaired) electrons. The minimum atomic E-state index is 0.0481. The van der Waals surface area contributed by atoms with Gasteiger partial charge in [-0.25, -0.2) is 0 Å². The van der Waals surface area contributed by atoms with E-state index in [0.29, 0.717) is 18.9 Å². The second kappa shape index (κ2) is 8.65. The number of amides is 1. The van der Waals surface area contributed by atoms with Crippen LogP contribution in [0.15, 0.2) is 28.7 Å². The Morgan fingerprint density at radius 1 is 1.41 bits per heavy atom. The molecule has 1 aromatic carbocycles. The maximum atomic E-state index is 12.0. The van der Waals surface area contributed by atoms with Crippen molar-refractivity contribution in [1.82, 2.24) is 10.2 Å². The van der Waals surface area contributed by atoms with E-state index in [-0.39, 0.29) is 12.0 Å². The van der Waals surface area contributed by atoms with Crippen molar-refractivity contribution in [2.45, 2.75) is 26.4 Å². The molecule has 1 saturated heterocycles. The van der Waals surface area contributed by atoms with Crippen LogP contribution in [0, 0.1) is 5.92 Å². The predicted octanol–water partition coefficient (Wildman–Crippen LogP) is 2.46. The first-order valence-corrected chi connectivity index (χ1v) is 8.67.